The molecule has 0 atom stereocenters. The van der Waals surface area contributed by atoms with Crippen molar-refractivity contribution >= 4 is 17.0 Å². The highest BCUT2D eigenvalue weighted by Crippen LogP contribution is 2.29. The van der Waals surface area contributed by atoms with Gasteiger partial charge in [0.05, 0.1) is 26.7 Å². The summed E-state index contributed by atoms with van der Waals surface area (Å²) in [6, 6.07) is 6.21. The molecule has 0 fully saturated rings. The SMILES string of the molecule is COc1cccc2c1CCN(c1ncnc3c1ncn3CC(C)(CO)CO)CC2. The van der Waals surface area contributed by atoms with Crippen LogP contribution in [0.1, 0.15) is 18.1 Å². The number of anilines is 1. The number of fused-ring (bicyclic) bond motifs is 2. The fraction of sp³-hybridized carbons (Fsp3) is 0.476. The lowest BCUT2D eigenvalue weighted by Gasteiger charge is -2.25. The Balaban J connectivity index is 1.64. The number of hydrogen-bond donors (Lipinski definition) is 2. The molecule has 3 aromatic rings. The molecule has 0 aliphatic carbocycles. The standard InChI is InChI=1S/C21H27N5O3/c1-21(11-27,12-28)10-26-14-24-18-19(22-13-23-20(18)26)25-8-6-15-4-3-5-17(29-2)16(15)7-9-25/h3-5,13-14,27-28H,6-12H2,1-2H3. The van der Waals surface area contributed by atoms with Gasteiger partial charge in [-0.15, -0.1) is 0 Å². The third kappa shape index (κ3) is 3.65. The molecule has 1 aliphatic heterocycles. The molecule has 0 unspecified atom stereocenters. The van der Waals surface area contributed by atoms with Crippen molar-refractivity contribution in [2.75, 3.05) is 38.3 Å². The average Bonchev–Trinajstić information content (AvgIpc) is 3.03. The van der Waals surface area contributed by atoms with Crippen molar-refractivity contribution in [1.82, 2.24) is 19.5 Å². The van der Waals surface area contributed by atoms with Gasteiger partial charge in [-0.25, -0.2) is 15.0 Å². The summed E-state index contributed by atoms with van der Waals surface area (Å²) in [6.45, 7) is 3.68. The van der Waals surface area contributed by atoms with Crippen LogP contribution in [-0.2, 0) is 19.4 Å². The largest absolute Gasteiger partial charge is 0.496 e. The molecule has 0 spiro atoms. The lowest BCUT2D eigenvalue weighted by molar-refractivity contribution is 0.0562. The highest BCUT2D eigenvalue weighted by atomic mass is 16.5. The Morgan fingerprint density at radius 3 is 2.66 bits per heavy atom. The predicted molar refractivity (Wildman–Crippen MR) is 110 cm³/mol. The predicted octanol–water partition coefficient (Wildman–Crippen LogP) is 1.43. The van der Waals surface area contributed by atoms with Crippen LogP contribution in [0.15, 0.2) is 30.9 Å². The van der Waals surface area contributed by atoms with Crippen molar-refractivity contribution in [2.24, 2.45) is 5.41 Å². The topological polar surface area (TPSA) is 96.5 Å². The summed E-state index contributed by atoms with van der Waals surface area (Å²) in [4.78, 5) is 15.8. The lowest BCUT2D eigenvalue weighted by atomic mass is 9.93. The van der Waals surface area contributed by atoms with E-state index in [2.05, 4.69) is 25.9 Å². The summed E-state index contributed by atoms with van der Waals surface area (Å²) in [7, 11) is 1.71. The van der Waals surface area contributed by atoms with Crippen molar-refractivity contribution in [1.29, 1.82) is 0 Å². The number of imidazole rings is 1. The summed E-state index contributed by atoms with van der Waals surface area (Å²) >= 11 is 0. The number of benzene rings is 1. The lowest BCUT2D eigenvalue weighted by Crippen LogP contribution is -2.31. The zero-order valence-corrected chi connectivity index (χ0v) is 16.9. The first-order valence-electron chi connectivity index (χ1n) is 9.86. The van der Waals surface area contributed by atoms with Gasteiger partial charge < -0.3 is 24.4 Å². The smallest absolute Gasteiger partial charge is 0.165 e. The summed E-state index contributed by atoms with van der Waals surface area (Å²) in [5.41, 5.74) is 3.38. The maximum Gasteiger partial charge on any atom is 0.165 e. The summed E-state index contributed by atoms with van der Waals surface area (Å²) in [5.74, 6) is 1.75. The molecular weight excluding hydrogens is 370 g/mol. The van der Waals surface area contributed by atoms with E-state index < -0.39 is 5.41 Å². The molecular formula is C21H27N5O3. The van der Waals surface area contributed by atoms with Crippen LogP contribution in [-0.4, -0.2) is 63.1 Å². The maximum atomic E-state index is 9.63. The van der Waals surface area contributed by atoms with Crippen molar-refractivity contribution in [3.05, 3.63) is 42.0 Å². The van der Waals surface area contributed by atoms with E-state index in [0.29, 0.717) is 12.2 Å². The van der Waals surface area contributed by atoms with Crippen molar-refractivity contribution < 1.29 is 14.9 Å². The van der Waals surface area contributed by atoms with Gasteiger partial charge in [0.15, 0.2) is 17.0 Å². The van der Waals surface area contributed by atoms with Gasteiger partial charge in [0, 0.05) is 25.0 Å². The molecule has 0 bridgehead atoms. The van der Waals surface area contributed by atoms with Crippen LogP contribution < -0.4 is 9.64 Å². The summed E-state index contributed by atoms with van der Waals surface area (Å²) in [5, 5.41) is 19.3. The van der Waals surface area contributed by atoms with E-state index in [1.807, 2.05) is 23.6 Å². The minimum atomic E-state index is -0.639. The van der Waals surface area contributed by atoms with Crippen molar-refractivity contribution in [3.63, 3.8) is 0 Å². The number of hydrogen-bond acceptors (Lipinski definition) is 7. The second kappa shape index (κ2) is 7.96. The van der Waals surface area contributed by atoms with E-state index in [4.69, 9.17) is 4.74 Å². The van der Waals surface area contributed by atoms with Crippen LogP contribution in [0.3, 0.4) is 0 Å². The number of aliphatic hydroxyl groups excluding tert-OH is 2. The van der Waals surface area contributed by atoms with Gasteiger partial charge in [0.2, 0.25) is 0 Å². The molecule has 0 amide bonds. The molecule has 2 N–H and O–H groups in total. The zero-order valence-electron chi connectivity index (χ0n) is 16.9. The highest BCUT2D eigenvalue weighted by molar-refractivity contribution is 5.83. The Bertz CT molecular complexity index is 999. The third-order valence-corrected chi connectivity index (χ3v) is 5.73. The van der Waals surface area contributed by atoms with E-state index in [-0.39, 0.29) is 13.2 Å². The Morgan fingerprint density at radius 1 is 1.10 bits per heavy atom. The van der Waals surface area contributed by atoms with Gasteiger partial charge >= 0.3 is 0 Å². The molecule has 2 aromatic heterocycles. The van der Waals surface area contributed by atoms with Gasteiger partial charge in [-0.1, -0.05) is 19.1 Å². The highest BCUT2D eigenvalue weighted by Gasteiger charge is 2.26. The molecule has 1 aromatic carbocycles. The van der Waals surface area contributed by atoms with Gasteiger partial charge in [-0.3, -0.25) is 0 Å². The molecule has 1 aliphatic rings. The quantitative estimate of drug-likeness (QED) is 0.649. The molecule has 8 heteroatoms. The second-order valence-corrected chi connectivity index (χ2v) is 7.95. The van der Waals surface area contributed by atoms with Crippen LogP contribution in [0, 0.1) is 5.41 Å². The maximum absolute atomic E-state index is 9.63. The minimum absolute atomic E-state index is 0.118. The monoisotopic (exact) mass is 397 g/mol. The van der Waals surface area contributed by atoms with Gasteiger partial charge in [-0.2, -0.15) is 0 Å². The molecule has 0 radical (unpaired) electrons. The Hall–Kier alpha value is -2.71. The van der Waals surface area contributed by atoms with E-state index in [9.17, 15) is 10.2 Å². The average molecular weight is 397 g/mol. The molecule has 29 heavy (non-hydrogen) atoms. The first kappa shape index (κ1) is 19.6. The van der Waals surface area contributed by atoms with E-state index >= 15 is 0 Å². The number of rotatable bonds is 6. The fourth-order valence-electron chi connectivity index (χ4n) is 3.92. The number of nitrogens with zero attached hydrogens (tertiary/aromatic N) is 5. The number of aliphatic hydroxyl groups is 2. The van der Waals surface area contributed by atoms with E-state index in [1.165, 1.54) is 11.1 Å². The number of ether oxygens (including phenoxy) is 1. The zero-order chi connectivity index (χ0) is 20.4. The van der Waals surface area contributed by atoms with Crippen LogP contribution in [0.4, 0.5) is 5.82 Å². The minimum Gasteiger partial charge on any atom is -0.496 e. The third-order valence-electron chi connectivity index (χ3n) is 5.73. The van der Waals surface area contributed by atoms with Crippen LogP contribution in [0.2, 0.25) is 0 Å². The Labute approximate surface area is 169 Å². The fourth-order valence-corrected chi connectivity index (χ4v) is 3.92. The van der Waals surface area contributed by atoms with Gasteiger partial charge in [0.1, 0.15) is 12.1 Å². The van der Waals surface area contributed by atoms with E-state index in [0.717, 1.165) is 43.0 Å². The second-order valence-electron chi connectivity index (χ2n) is 7.95. The van der Waals surface area contributed by atoms with Crippen LogP contribution >= 0.6 is 0 Å². The summed E-state index contributed by atoms with van der Waals surface area (Å²) in [6.07, 6.45) is 5.05. The van der Waals surface area contributed by atoms with Gasteiger partial charge in [0.25, 0.3) is 0 Å². The number of aromatic nitrogens is 4. The van der Waals surface area contributed by atoms with E-state index in [1.54, 1.807) is 19.8 Å². The summed E-state index contributed by atoms with van der Waals surface area (Å²) < 4.78 is 7.43. The molecule has 4 rings (SSSR count). The Kier molecular flexibility index (Phi) is 5.38. The number of methoxy groups -OCH3 is 1. The molecule has 3 heterocycles. The molecule has 0 saturated heterocycles. The molecule has 8 nitrogen and oxygen atoms in total. The van der Waals surface area contributed by atoms with Crippen molar-refractivity contribution in [3.8, 4) is 5.75 Å². The van der Waals surface area contributed by atoms with Crippen LogP contribution in [0.5, 0.6) is 5.75 Å². The molecule has 0 saturated carbocycles. The van der Waals surface area contributed by atoms with Crippen molar-refractivity contribution in [2.45, 2.75) is 26.3 Å². The van der Waals surface area contributed by atoms with Crippen LogP contribution in [0.25, 0.3) is 11.2 Å². The first-order valence-corrected chi connectivity index (χ1v) is 9.86. The van der Waals surface area contributed by atoms with Gasteiger partial charge in [-0.05, 0) is 30.0 Å². The normalized spacial score (nSPS) is 14.7. The molecule has 154 valence electrons. The Morgan fingerprint density at radius 2 is 1.90 bits per heavy atom. The first-order chi connectivity index (χ1) is 14.1.